The molecule has 0 aromatic heterocycles. The molecule has 1 aliphatic carbocycles. The smallest absolute Gasteiger partial charge is 0.412 e. The second-order valence-corrected chi connectivity index (χ2v) is 7.19. The van der Waals surface area contributed by atoms with E-state index in [-0.39, 0.29) is 17.8 Å². The number of halogens is 1. The lowest BCUT2D eigenvalue weighted by Crippen LogP contribution is -2.29. The summed E-state index contributed by atoms with van der Waals surface area (Å²) in [5.41, 5.74) is 0.542. The third kappa shape index (κ3) is 5.48. The van der Waals surface area contributed by atoms with Crippen LogP contribution in [0.3, 0.4) is 0 Å². The highest BCUT2D eigenvalue weighted by molar-refractivity contribution is 5.85. The molecular formula is C17H25FN2O3. The van der Waals surface area contributed by atoms with Gasteiger partial charge in [0.15, 0.2) is 0 Å². The number of hydrogen-bond acceptors (Lipinski definition) is 4. The SMILES string of the molecule is CC(C)(C)OC(=O)Nc1ccc(F)cc1CNCC1(CO)CC1. The molecule has 6 heteroatoms. The maximum absolute atomic E-state index is 13.5. The van der Waals surface area contributed by atoms with Crippen molar-refractivity contribution in [3.8, 4) is 0 Å². The molecule has 1 aromatic carbocycles. The number of nitrogens with one attached hydrogen (secondary N) is 2. The van der Waals surface area contributed by atoms with Crippen LogP contribution in [0.4, 0.5) is 14.9 Å². The minimum Gasteiger partial charge on any atom is -0.444 e. The van der Waals surface area contributed by atoms with Crippen LogP contribution >= 0.6 is 0 Å². The van der Waals surface area contributed by atoms with Gasteiger partial charge in [-0.25, -0.2) is 9.18 Å². The number of rotatable bonds is 6. The van der Waals surface area contributed by atoms with Gasteiger partial charge < -0.3 is 15.2 Å². The number of aliphatic hydroxyl groups is 1. The van der Waals surface area contributed by atoms with Gasteiger partial charge in [-0.15, -0.1) is 0 Å². The maximum atomic E-state index is 13.5. The van der Waals surface area contributed by atoms with Gasteiger partial charge >= 0.3 is 6.09 Å². The normalized spacial score (nSPS) is 16.0. The van der Waals surface area contributed by atoms with Gasteiger partial charge in [0.2, 0.25) is 0 Å². The van der Waals surface area contributed by atoms with Gasteiger partial charge in [-0.05, 0) is 57.4 Å². The van der Waals surface area contributed by atoms with Crippen LogP contribution in [-0.4, -0.2) is 30.0 Å². The Kier molecular flexibility index (Phi) is 5.26. The topological polar surface area (TPSA) is 70.6 Å². The van der Waals surface area contributed by atoms with Crippen molar-refractivity contribution in [3.63, 3.8) is 0 Å². The molecule has 3 N–H and O–H groups in total. The Morgan fingerprint density at radius 2 is 2.09 bits per heavy atom. The quantitative estimate of drug-likeness (QED) is 0.752. The van der Waals surface area contributed by atoms with E-state index in [0.29, 0.717) is 24.3 Å². The van der Waals surface area contributed by atoms with Crippen molar-refractivity contribution < 1.29 is 19.0 Å². The molecule has 2 rings (SSSR count). The summed E-state index contributed by atoms with van der Waals surface area (Å²) in [4.78, 5) is 11.9. The average molecular weight is 324 g/mol. The number of ether oxygens (including phenoxy) is 1. The Morgan fingerprint density at radius 1 is 1.39 bits per heavy atom. The summed E-state index contributed by atoms with van der Waals surface area (Å²) in [6.07, 6.45) is 1.44. The largest absolute Gasteiger partial charge is 0.444 e. The summed E-state index contributed by atoms with van der Waals surface area (Å²) in [5, 5.41) is 15.2. The molecule has 0 atom stereocenters. The zero-order valence-corrected chi connectivity index (χ0v) is 13.9. The van der Waals surface area contributed by atoms with Crippen LogP contribution in [0.15, 0.2) is 18.2 Å². The van der Waals surface area contributed by atoms with Gasteiger partial charge in [0.1, 0.15) is 11.4 Å². The van der Waals surface area contributed by atoms with Crippen molar-refractivity contribution in [2.75, 3.05) is 18.5 Å². The van der Waals surface area contributed by atoms with Crippen LogP contribution < -0.4 is 10.6 Å². The van der Waals surface area contributed by atoms with Crippen LogP contribution in [0, 0.1) is 11.2 Å². The van der Waals surface area contributed by atoms with E-state index in [2.05, 4.69) is 10.6 Å². The van der Waals surface area contributed by atoms with Crippen LogP contribution in [0.5, 0.6) is 0 Å². The number of anilines is 1. The molecule has 1 amide bonds. The lowest BCUT2D eigenvalue weighted by Gasteiger charge is -2.21. The van der Waals surface area contributed by atoms with Crippen LogP contribution in [-0.2, 0) is 11.3 Å². The zero-order valence-electron chi connectivity index (χ0n) is 13.9. The van der Waals surface area contributed by atoms with Gasteiger partial charge in [0, 0.05) is 30.8 Å². The molecule has 23 heavy (non-hydrogen) atoms. The number of benzene rings is 1. The molecule has 1 aromatic rings. The van der Waals surface area contributed by atoms with E-state index in [1.54, 1.807) is 20.8 Å². The molecule has 0 spiro atoms. The van der Waals surface area contributed by atoms with Crippen molar-refractivity contribution in [1.82, 2.24) is 5.32 Å². The molecule has 1 fully saturated rings. The first-order valence-corrected chi connectivity index (χ1v) is 7.83. The highest BCUT2D eigenvalue weighted by Crippen LogP contribution is 2.44. The van der Waals surface area contributed by atoms with E-state index < -0.39 is 11.7 Å². The van der Waals surface area contributed by atoms with Crippen LogP contribution in [0.1, 0.15) is 39.2 Å². The first-order chi connectivity index (χ1) is 10.7. The second-order valence-electron chi connectivity index (χ2n) is 7.19. The highest BCUT2D eigenvalue weighted by atomic mass is 19.1. The number of hydrogen-bond donors (Lipinski definition) is 3. The van der Waals surface area contributed by atoms with Crippen molar-refractivity contribution in [1.29, 1.82) is 0 Å². The lowest BCUT2D eigenvalue weighted by atomic mass is 10.1. The second kappa shape index (κ2) is 6.84. The number of amides is 1. The Balaban J connectivity index is 1.97. The van der Waals surface area contributed by atoms with E-state index in [1.807, 2.05) is 0 Å². The zero-order chi connectivity index (χ0) is 17.1. The molecule has 1 saturated carbocycles. The highest BCUT2D eigenvalue weighted by Gasteiger charge is 2.41. The van der Waals surface area contributed by atoms with Crippen LogP contribution in [0.2, 0.25) is 0 Å². The van der Waals surface area contributed by atoms with Crippen molar-refractivity contribution in [2.24, 2.45) is 5.41 Å². The minimum atomic E-state index is -0.595. The predicted molar refractivity (Wildman–Crippen MR) is 86.7 cm³/mol. The Labute approximate surface area is 136 Å². The number of carbonyl (C=O) groups is 1. The van der Waals surface area contributed by atoms with E-state index >= 15 is 0 Å². The van der Waals surface area contributed by atoms with E-state index in [4.69, 9.17) is 4.74 Å². The van der Waals surface area contributed by atoms with Crippen molar-refractivity contribution in [2.45, 2.75) is 45.8 Å². The third-order valence-corrected chi connectivity index (χ3v) is 3.81. The molecule has 0 unspecified atom stereocenters. The lowest BCUT2D eigenvalue weighted by molar-refractivity contribution is 0.0635. The fourth-order valence-electron chi connectivity index (χ4n) is 2.27. The predicted octanol–water partition coefficient (Wildman–Crippen LogP) is 3.03. The molecular weight excluding hydrogens is 299 g/mol. The molecule has 1 aliphatic rings. The van der Waals surface area contributed by atoms with Gasteiger partial charge in [0.25, 0.3) is 0 Å². The summed E-state index contributed by atoms with van der Waals surface area (Å²) in [7, 11) is 0. The van der Waals surface area contributed by atoms with Crippen LogP contribution in [0.25, 0.3) is 0 Å². The first kappa shape index (κ1) is 17.7. The third-order valence-electron chi connectivity index (χ3n) is 3.81. The number of carbonyl (C=O) groups excluding carboxylic acids is 1. The summed E-state index contributed by atoms with van der Waals surface area (Å²) >= 11 is 0. The minimum absolute atomic E-state index is 0.0217. The van der Waals surface area contributed by atoms with Crippen molar-refractivity contribution in [3.05, 3.63) is 29.6 Å². The van der Waals surface area contributed by atoms with Crippen molar-refractivity contribution >= 4 is 11.8 Å². The Morgan fingerprint density at radius 3 is 2.65 bits per heavy atom. The maximum Gasteiger partial charge on any atom is 0.412 e. The van der Waals surface area contributed by atoms with Gasteiger partial charge in [-0.3, -0.25) is 5.32 Å². The summed E-state index contributed by atoms with van der Waals surface area (Å²) in [5.74, 6) is -0.361. The van der Waals surface area contributed by atoms with E-state index in [0.717, 1.165) is 12.8 Å². The number of aliphatic hydroxyl groups excluding tert-OH is 1. The van der Waals surface area contributed by atoms with E-state index in [1.165, 1.54) is 18.2 Å². The summed E-state index contributed by atoms with van der Waals surface area (Å²) in [6.45, 7) is 6.58. The average Bonchev–Trinajstić information content (AvgIpc) is 3.20. The summed E-state index contributed by atoms with van der Waals surface area (Å²) < 4.78 is 18.7. The molecule has 128 valence electrons. The van der Waals surface area contributed by atoms with Gasteiger partial charge in [-0.1, -0.05) is 0 Å². The fourth-order valence-corrected chi connectivity index (χ4v) is 2.27. The Bertz CT molecular complexity index is 565. The first-order valence-electron chi connectivity index (χ1n) is 7.83. The standard InChI is InChI=1S/C17H25FN2O3/c1-16(2,3)23-15(22)20-14-5-4-13(18)8-12(14)9-19-10-17(11-21)6-7-17/h4-5,8,19,21H,6-7,9-11H2,1-3H3,(H,20,22). The fraction of sp³-hybridized carbons (Fsp3) is 0.588. The molecule has 0 bridgehead atoms. The molecule has 0 radical (unpaired) electrons. The van der Waals surface area contributed by atoms with E-state index in [9.17, 15) is 14.3 Å². The van der Waals surface area contributed by atoms with Gasteiger partial charge in [-0.2, -0.15) is 0 Å². The molecule has 0 saturated heterocycles. The summed E-state index contributed by atoms with van der Waals surface area (Å²) in [6, 6.07) is 4.21. The Hall–Kier alpha value is -1.66. The van der Waals surface area contributed by atoms with Gasteiger partial charge in [0.05, 0.1) is 0 Å². The molecule has 0 aliphatic heterocycles. The monoisotopic (exact) mass is 324 g/mol. The molecule has 5 nitrogen and oxygen atoms in total. The molecule has 0 heterocycles.